The van der Waals surface area contributed by atoms with E-state index in [-0.39, 0.29) is 11.5 Å². The van der Waals surface area contributed by atoms with Gasteiger partial charge in [-0.05, 0) is 19.3 Å². The van der Waals surface area contributed by atoms with E-state index in [0.717, 1.165) is 0 Å². The zero-order valence-electron chi connectivity index (χ0n) is 9.30. The first-order valence-corrected chi connectivity index (χ1v) is 7.27. The number of aliphatic hydroxyl groups excluding tert-OH is 1. The van der Waals surface area contributed by atoms with Gasteiger partial charge in [0.25, 0.3) is 0 Å². The van der Waals surface area contributed by atoms with Gasteiger partial charge in [0, 0.05) is 13.1 Å². The van der Waals surface area contributed by atoms with Crippen LogP contribution in [-0.4, -0.2) is 47.3 Å². The first kappa shape index (κ1) is 13.8. The van der Waals surface area contributed by atoms with Crippen LogP contribution in [0.3, 0.4) is 0 Å². The van der Waals surface area contributed by atoms with Gasteiger partial charge in [0.05, 0.1) is 11.1 Å². The number of hydrogen-bond donors (Lipinski definition) is 2. The minimum Gasteiger partial charge on any atom is -0.392 e. The molecule has 5 nitrogen and oxygen atoms in total. The fraction of sp³-hybridized carbons (Fsp3) is 0.889. The van der Waals surface area contributed by atoms with E-state index < -0.39 is 21.4 Å². The number of hydrogen-bond acceptors (Lipinski definition) is 4. The third-order valence-electron chi connectivity index (χ3n) is 2.77. The van der Waals surface area contributed by atoms with Crippen molar-refractivity contribution in [2.75, 3.05) is 13.1 Å². The Labute approximate surface area is 102 Å². The smallest absolute Gasteiger partial charge is 0.223 e. The summed E-state index contributed by atoms with van der Waals surface area (Å²) < 4.78 is 25.6. The third-order valence-corrected chi connectivity index (χ3v) is 5.56. The van der Waals surface area contributed by atoms with E-state index in [2.05, 4.69) is 0 Å². The van der Waals surface area contributed by atoms with Crippen molar-refractivity contribution in [3.8, 4) is 0 Å². The zero-order chi connectivity index (χ0) is 12.3. The molecule has 1 saturated heterocycles. The van der Waals surface area contributed by atoms with Gasteiger partial charge >= 0.3 is 0 Å². The highest BCUT2D eigenvalue weighted by atomic mass is 32.2. The Bertz CT molecular complexity index is 356. The van der Waals surface area contributed by atoms with Crippen LogP contribution in [-0.2, 0) is 10.0 Å². The predicted molar refractivity (Wildman–Crippen MR) is 66.6 cm³/mol. The van der Waals surface area contributed by atoms with Crippen molar-refractivity contribution in [3.05, 3.63) is 0 Å². The van der Waals surface area contributed by atoms with Crippen LogP contribution in [0.5, 0.6) is 0 Å². The zero-order valence-corrected chi connectivity index (χ0v) is 10.9. The number of piperidine rings is 1. The van der Waals surface area contributed by atoms with E-state index in [9.17, 15) is 13.5 Å². The summed E-state index contributed by atoms with van der Waals surface area (Å²) in [6.45, 7) is 2.34. The molecule has 1 heterocycles. The van der Waals surface area contributed by atoms with Crippen molar-refractivity contribution in [2.45, 2.75) is 37.5 Å². The molecule has 16 heavy (non-hydrogen) atoms. The number of β-amino-alcohol motifs (C(OH)–C–C–N with tert-alkyl or cyclic N) is 1. The van der Waals surface area contributed by atoms with Crippen LogP contribution in [0.2, 0.25) is 0 Å². The molecule has 94 valence electrons. The second kappa shape index (κ2) is 5.39. The summed E-state index contributed by atoms with van der Waals surface area (Å²) in [7, 11) is -3.50. The molecular weight excluding hydrogens is 248 g/mol. The summed E-state index contributed by atoms with van der Waals surface area (Å²) in [5, 5.41) is 8.65. The van der Waals surface area contributed by atoms with Crippen molar-refractivity contribution in [1.29, 1.82) is 0 Å². The van der Waals surface area contributed by atoms with Crippen molar-refractivity contribution in [3.63, 3.8) is 0 Å². The standard InChI is InChI=1S/C9H18N2O3S2/c1-2-8(9(10)15)16(13,14)11-5-3-4-7(12)6-11/h7-8,12H,2-6H2,1H3,(H2,10,15). The summed E-state index contributed by atoms with van der Waals surface area (Å²) >= 11 is 4.77. The fourth-order valence-corrected chi connectivity index (χ4v) is 4.26. The molecule has 1 fully saturated rings. The summed E-state index contributed by atoms with van der Waals surface area (Å²) in [5.74, 6) is 0. The quantitative estimate of drug-likeness (QED) is 0.691. The lowest BCUT2D eigenvalue weighted by molar-refractivity contribution is 0.108. The molecule has 0 aromatic heterocycles. The number of nitrogens with two attached hydrogens (primary N) is 1. The van der Waals surface area contributed by atoms with Gasteiger partial charge in [0.2, 0.25) is 10.0 Å². The lowest BCUT2D eigenvalue weighted by atomic mass is 10.1. The van der Waals surface area contributed by atoms with Gasteiger partial charge in [-0.2, -0.15) is 4.31 Å². The third kappa shape index (κ3) is 2.91. The van der Waals surface area contributed by atoms with Gasteiger partial charge < -0.3 is 10.8 Å². The molecule has 1 aliphatic heterocycles. The molecule has 2 atom stereocenters. The van der Waals surface area contributed by atoms with Crippen molar-refractivity contribution >= 4 is 27.2 Å². The summed E-state index contributed by atoms with van der Waals surface area (Å²) in [5.41, 5.74) is 5.44. The summed E-state index contributed by atoms with van der Waals surface area (Å²) in [4.78, 5) is 0.00237. The van der Waals surface area contributed by atoms with Gasteiger partial charge in [-0.1, -0.05) is 19.1 Å². The molecule has 0 aromatic carbocycles. The van der Waals surface area contributed by atoms with Crippen molar-refractivity contribution in [1.82, 2.24) is 4.31 Å². The Balaban J connectivity index is 2.87. The maximum absolute atomic E-state index is 12.2. The number of rotatable bonds is 4. The monoisotopic (exact) mass is 266 g/mol. The average molecular weight is 266 g/mol. The highest BCUT2D eigenvalue weighted by molar-refractivity contribution is 7.92. The van der Waals surface area contributed by atoms with Crippen LogP contribution in [0.4, 0.5) is 0 Å². The van der Waals surface area contributed by atoms with Gasteiger partial charge in [-0.15, -0.1) is 0 Å². The second-order valence-corrected chi connectivity index (χ2v) is 6.59. The molecule has 1 aliphatic rings. The Hall–Kier alpha value is -0.240. The van der Waals surface area contributed by atoms with Gasteiger partial charge in [0.1, 0.15) is 5.25 Å². The molecule has 0 aromatic rings. The molecule has 0 saturated carbocycles. The van der Waals surface area contributed by atoms with Crippen LogP contribution < -0.4 is 5.73 Å². The average Bonchev–Trinajstić information content (AvgIpc) is 2.17. The summed E-state index contributed by atoms with van der Waals surface area (Å²) in [6, 6.07) is 0. The molecular formula is C9H18N2O3S2. The van der Waals surface area contributed by atoms with Gasteiger partial charge in [-0.3, -0.25) is 0 Å². The van der Waals surface area contributed by atoms with Gasteiger partial charge in [-0.25, -0.2) is 8.42 Å². The summed E-state index contributed by atoms with van der Waals surface area (Å²) in [6.07, 6.45) is 1.11. The molecule has 0 radical (unpaired) electrons. The molecule has 0 bridgehead atoms. The first-order valence-electron chi connectivity index (χ1n) is 5.36. The SMILES string of the molecule is CCC(C(N)=S)S(=O)(=O)N1CCCC(O)C1. The van der Waals surface area contributed by atoms with Crippen LogP contribution in [0, 0.1) is 0 Å². The Morgan fingerprint density at radius 2 is 2.31 bits per heavy atom. The highest BCUT2D eigenvalue weighted by Crippen LogP contribution is 2.19. The Kier molecular flexibility index (Phi) is 4.66. The lowest BCUT2D eigenvalue weighted by Crippen LogP contribution is -2.49. The van der Waals surface area contributed by atoms with E-state index in [1.54, 1.807) is 6.92 Å². The van der Waals surface area contributed by atoms with Crippen LogP contribution in [0.25, 0.3) is 0 Å². The Morgan fingerprint density at radius 3 is 2.75 bits per heavy atom. The number of nitrogens with zero attached hydrogens (tertiary/aromatic N) is 1. The molecule has 0 amide bonds. The maximum atomic E-state index is 12.2. The Morgan fingerprint density at radius 1 is 1.69 bits per heavy atom. The van der Waals surface area contributed by atoms with Crippen LogP contribution in [0.15, 0.2) is 0 Å². The molecule has 0 aliphatic carbocycles. The van der Waals surface area contributed by atoms with Gasteiger partial charge in [0.15, 0.2) is 0 Å². The van der Waals surface area contributed by atoms with Crippen molar-refractivity contribution in [2.24, 2.45) is 5.73 Å². The molecule has 0 spiro atoms. The van der Waals surface area contributed by atoms with E-state index in [4.69, 9.17) is 18.0 Å². The topological polar surface area (TPSA) is 83.6 Å². The number of thiocarbonyl (C=S) groups is 1. The lowest BCUT2D eigenvalue weighted by Gasteiger charge is -2.31. The fourth-order valence-electron chi connectivity index (χ4n) is 1.89. The highest BCUT2D eigenvalue weighted by Gasteiger charge is 2.35. The van der Waals surface area contributed by atoms with Crippen molar-refractivity contribution < 1.29 is 13.5 Å². The van der Waals surface area contributed by atoms with E-state index in [0.29, 0.717) is 25.8 Å². The van der Waals surface area contributed by atoms with E-state index in [1.165, 1.54) is 4.31 Å². The predicted octanol–water partition coefficient (Wildman–Crippen LogP) is -0.162. The minimum absolute atomic E-state index is 0.00237. The van der Waals surface area contributed by atoms with Crippen LogP contribution in [0.1, 0.15) is 26.2 Å². The normalized spacial score (nSPS) is 25.2. The molecule has 3 N–H and O–H groups in total. The maximum Gasteiger partial charge on any atom is 0.223 e. The largest absolute Gasteiger partial charge is 0.392 e. The molecule has 2 unspecified atom stereocenters. The van der Waals surface area contributed by atoms with E-state index in [1.807, 2.05) is 0 Å². The first-order chi connectivity index (χ1) is 7.39. The molecule has 1 rings (SSSR count). The number of aliphatic hydroxyl groups is 1. The number of sulfonamides is 1. The van der Waals surface area contributed by atoms with E-state index >= 15 is 0 Å². The molecule has 7 heteroatoms. The van der Waals surface area contributed by atoms with Crippen LogP contribution >= 0.6 is 12.2 Å². The minimum atomic E-state index is -3.50. The second-order valence-electron chi connectivity index (χ2n) is 4.00.